The highest BCUT2D eigenvalue weighted by Crippen LogP contribution is 2.20. The van der Waals surface area contributed by atoms with Gasteiger partial charge in [0.2, 0.25) is 0 Å². The fourth-order valence-electron chi connectivity index (χ4n) is 1.96. The standard InChI is InChI=1S/C14H11FN2O/c15-11-6-4-10(5-7-11)13-8-17-12(9-18)2-1-3-14(17)16-13/h1-8,18H,9H2. The van der Waals surface area contributed by atoms with Crippen LogP contribution in [0.2, 0.25) is 0 Å². The van der Waals surface area contributed by atoms with Crippen molar-refractivity contribution in [2.24, 2.45) is 0 Å². The van der Waals surface area contributed by atoms with Crippen LogP contribution in [0.4, 0.5) is 4.39 Å². The van der Waals surface area contributed by atoms with E-state index >= 15 is 0 Å². The summed E-state index contributed by atoms with van der Waals surface area (Å²) < 4.78 is 14.7. The number of hydrogen-bond donors (Lipinski definition) is 1. The molecule has 0 atom stereocenters. The van der Waals surface area contributed by atoms with E-state index in [0.29, 0.717) is 0 Å². The number of halogens is 1. The van der Waals surface area contributed by atoms with Gasteiger partial charge in [-0.1, -0.05) is 6.07 Å². The summed E-state index contributed by atoms with van der Waals surface area (Å²) >= 11 is 0. The van der Waals surface area contributed by atoms with E-state index in [0.717, 1.165) is 22.6 Å². The Bertz CT molecular complexity index is 689. The number of benzene rings is 1. The molecule has 3 aromatic rings. The van der Waals surface area contributed by atoms with Crippen molar-refractivity contribution in [1.29, 1.82) is 0 Å². The average Bonchev–Trinajstić information content (AvgIpc) is 2.83. The minimum absolute atomic E-state index is 0.0451. The Morgan fingerprint density at radius 2 is 1.89 bits per heavy atom. The lowest BCUT2D eigenvalue weighted by Gasteiger charge is -1.99. The molecule has 0 unspecified atom stereocenters. The average molecular weight is 242 g/mol. The summed E-state index contributed by atoms with van der Waals surface area (Å²) in [6.45, 7) is -0.0451. The predicted octanol–water partition coefficient (Wildman–Crippen LogP) is 2.63. The zero-order chi connectivity index (χ0) is 12.5. The maximum Gasteiger partial charge on any atom is 0.137 e. The number of aliphatic hydroxyl groups is 1. The zero-order valence-electron chi connectivity index (χ0n) is 9.55. The number of imidazole rings is 1. The van der Waals surface area contributed by atoms with Gasteiger partial charge in [0.1, 0.15) is 11.5 Å². The molecule has 0 aliphatic rings. The molecule has 0 amide bonds. The summed E-state index contributed by atoms with van der Waals surface area (Å²) in [6.07, 6.45) is 1.84. The molecular formula is C14H11FN2O. The summed E-state index contributed by atoms with van der Waals surface area (Å²) in [5.74, 6) is -0.265. The quantitative estimate of drug-likeness (QED) is 0.750. The van der Waals surface area contributed by atoms with E-state index in [4.69, 9.17) is 0 Å². The first kappa shape index (κ1) is 10.9. The molecule has 4 heteroatoms. The summed E-state index contributed by atoms with van der Waals surface area (Å²) in [5.41, 5.74) is 3.15. The normalized spacial score (nSPS) is 11.0. The van der Waals surface area contributed by atoms with E-state index in [1.54, 1.807) is 12.1 Å². The lowest BCUT2D eigenvalue weighted by molar-refractivity contribution is 0.275. The van der Waals surface area contributed by atoms with Crippen LogP contribution in [0.5, 0.6) is 0 Å². The molecule has 1 N–H and O–H groups in total. The third-order valence-electron chi connectivity index (χ3n) is 2.88. The van der Waals surface area contributed by atoms with E-state index in [2.05, 4.69) is 4.98 Å². The second kappa shape index (κ2) is 4.23. The summed E-state index contributed by atoms with van der Waals surface area (Å²) in [7, 11) is 0. The van der Waals surface area contributed by atoms with Crippen LogP contribution in [0.1, 0.15) is 5.69 Å². The Kier molecular flexibility index (Phi) is 2.57. The number of nitrogens with zero attached hydrogens (tertiary/aromatic N) is 2. The van der Waals surface area contributed by atoms with Crippen molar-refractivity contribution in [1.82, 2.24) is 9.38 Å². The van der Waals surface area contributed by atoms with Crippen LogP contribution in [0.25, 0.3) is 16.9 Å². The van der Waals surface area contributed by atoms with Crippen molar-refractivity contribution in [2.75, 3.05) is 0 Å². The van der Waals surface area contributed by atoms with E-state index in [9.17, 15) is 9.50 Å². The number of hydrogen-bond acceptors (Lipinski definition) is 2. The molecule has 0 fully saturated rings. The molecule has 2 aromatic heterocycles. The first-order chi connectivity index (χ1) is 8.78. The van der Waals surface area contributed by atoms with Crippen LogP contribution < -0.4 is 0 Å². The van der Waals surface area contributed by atoms with Crippen LogP contribution in [0.3, 0.4) is 0 Å². The van der Waals surface area contributed by atoms with Crippen LogP contribution in [0, 0.1) is 5.82 Å². The predicted molar refractivity (Wildman–Crippen MR) is 66.5 cm³/mol. The SMILES string of the molecule is OCc1cccc2nc(-c3ccc(F)cc3)cn12. The Labute approximate surface area is 103 Å². The van der Waals surface area contributed by atoms with Crippen molar-refractivity contribution in [3.05, 3.63) is 60.2 Å². The van der Waals surface area contributed by atoms with E-state index < -0.39 is 0 Å². The lowest BCUT2D eigenvalue weighted by Crippen LogP contribution is -1.93. The van der Waals surface area contributed by atoms with Crippen LogP contribution >= 0.6 is 0 Å². The van der Waals surface area contributed by atoms with Gasteiger partial charge in [-0.15, -0.1) is 0 Å². The van der Waals surface area contributed by atoms with E-state index in [-0.39, 0.29) is 12.4 Å². The van der Waals surface area contributed by atoms with Gasteiger partial charge in [0.05, 0.1) is 12.3 Å². The maximum atomic E-state index is 12.9. The topological polar surface area (TPSA) is 37.5 Å². The van der Waals surface area contributed by atoms with Crippen LogP contribution in [-0.4, -0.2) is 14.5 Å². The molecule has 18 heavy (non-hydrogen) atoms. The Hall–Kier alpha value is -2.20. The van der Waals surface area contributed by atoms with Crippen LogP contribution in [0.15, 0.2) is 48.7 Å². The molecule has 0 aliphatic heterocycles. The van der Waals surface area contributed by atoms with E-state index in [1.807, 2.05) is 28.8 Å². The van der Waals surface area contributed by atoms with Gasteiger partial charge in [0, 0.05) is 17.5 Å². The van der Waals surface area contributed by atoms with Gasteiger partial charge >= 0.3 is 0 Å². The molecule has 0 bridgehead atoms. The van der Waals surface area contributed by atoms with Gasteiger partial charge in [0.15, 0.2) is 0 Å². The first-order valence-corrected chi connectivity index (χ1v) is 5.62. The molecule has 1 aromatic carbocycles. The monoisotopic (exact) mass is 242 g/mol. The molecule has 90 valence electrons. The lowest BCUT2D eigenvalue weighted by atomic mass is 10.2. The molecule has 2 heterocycles. The van der Waals surface area contributed by atoms with Gasteiger partial charge in [-0.05, 0) is 36.4 Å². The van der Waals surface area contributed by atoms with Gasteiger partial charge in [-0.25, -0.2) is 9.37 Å². The second-order valence-corrected chi connectivity index (χ2v) is 4.04. The molecule has 0 saturated carbocycles. The molecule has 0 saturated heterocycles. The van der Waals surface area contributed by atoms with Crippen molar-refractivity contribution >= 4 is 5.65 Å². The van der Waals surface area contributed by atoms with E-state index in [1.165, 1.54) is 12.1 Å². The highest BCUT2D eigenvalue weighted by atomic mass is 19.1. The zero-order valence-corrected chi connectivity index (χ0v) is 9.55. The fourth-order valence-corrected chi connectivity index (χ4v) is 1.96. The summed E-state index contributed by atoms with van der Waals surface area (Å²) in [6, 6.07) is 11.8. The second-order valence-electron chi connectivity index (χ2n) is 4.04. The number of aliphatic hydroxyl groups excluding tert-OH is 1. The Morgan fingerprint density at radius 3 is 2.61 bits per heavy atom. The van der Waals surface area contributed by atoms with Crippen molar-refractivity contribution in [3.63, 3.8) is 0 Å². The van der Waals surface area contributed by atoms with Crippen molar-refractivity contribution in [3.8, 4) is 11.3 Å². The minimum Gasteiger partial charge on any atom is -0.390 e. The molecule has 3 nitrogen and oxygen atoms in total. The fraction of sp³-hybridized carbons (Fsp3) is 0.0714. The molecule has 0 spiro atoms. The Balaban J connectivity index is 2.16. The number of rotatable bonds is 2. The maximum absolute atomic E-state index is 12.9. The molecule has 0 radical (unpaired) electrons. The number of aromatic nitrogens is 2. The Morgan fingerprint density at radius 1 is 1.11 bits per heavy atom. The molecule has 0 aliphatic carbocycles. The largest absolute Gasteiger partial charge is 0.390 e. The minimum atomic E-state index is -0.265. The highest BCUT2D eigenvalue weighted by molar-refractivity contribution is 5.62. The van der Waals surface area contributed by atoms with Gasteiger partial charge < -0.3 is 9.51 Å². The summed E-state index contributed by atoms with van der Waals surface area (Å²) in [5, 5.41) is 9.25. The smallest absolute Gasteiger partial charge is 0.137 e. The third-order valence-corrected chi connectivity index (χ3v) is 2.88. The van der Waals surface area contributed by atoms with Gasteiger partial charge in [-0.2, -0.15) is 0 Å². The highest BCUT2D eigenvalue weighted by Gasteiger charge is 2.06. The van der Waals surface area contributed by atoms with Crippen LogP contribution in [-0.2, 0) is 6.61 Å². The number of pyridine rings is 1. The van der Waals surface area contributed by atoms with Crippen molar-refractivity contribution < 1.29 is 9.50 Å². The van der Waals surface area contributed by atoms with Gasteiger partial charge in [-0.3, -0.25) is 0 Å². The molecular weight excluding hydrogens is 231 g/mol. The number of fused-ring (bicyclic) bond motifs is 1. The summed E-state index contributed by atoms with van der Waals surface area (Å²) in [4.78, 5) is 4.45. The van der Waals surface area contributed by atoms with Crippen molar-refractivity contribution in [2.45, 2.75) is 6.61 Å². The molecule has 3 rings (SSSR count). The third kappa shape index (κ3) is 1.76. The first-order valence-electron chi connectivity index (χ1n) is 5.62. The van der Waals surface area contributed by atoms with Gasteiger partial charge in [0.25, 0.3) is 0 Å².